The summed E-state index contributed by atoms with van der Waals surface area (Å²) in [5, 5.41) is 0.581. The third kappa shape index (κ3) is 2.26. The van der Waals surface area contributed by atoms with Crippen LogP contribution in [0.4, 0.5) is 5.69 Å². The van der Waals surface area contributed by atoms with Crippen LogP contribution in [-0.2, 0) is 4.74 Å². The lowest BCUT2D eigenvalue weighted by molar-refractivity contribution is 0.0568. The van der Waals surface area contributed by atoms with Crippen molar-refractivity contribution in [3.05, 3.63) is 41.1 Å². The molecule has 0 unspecified atom stereocenters. The second-order valence-corrected chi connectivity index (χ2v) is 3.83. The molecule has 0 bridgehead atoms. The molecular weight excluding hydrogens is 242 g/mol. The van der Waals surface area contributed by atoms with E-state index in [4.69, 9.17) is 21.8 Å². The van der Waals surface area contributed by atoms with Gasteiger partial charge < -0.3 is 14.9 Å². The molecule has 1 aromatic carbocycles. The lowest BCUT2D eigenvalue weighted by Crippen LogP contribution is -2.02. The van der Waals surface area contributed by atoms with Gasteiger partial charge in [-0.3, -0.25) is 0 Å². The van der Waals surface area contributed by atoms with E-state index in [1.165, 1.54) is 7.11 Å². The van der Waals surface area contributed by atoms with Crippen molar-refractivity contribution < 1.29 is 13.9 Å². The quantitative estimate of drug-likeness (QED) is 0.834. The first-order valence-corrected chi connectivity index (χ1v) is 5.23. The van der Waals surface area contributed by atoms with Gasteiger partial charge in [-0.2, -0.15) is 0 Å². The summed E-state index contributed by atoms with van der Waals surface area (Å²) < 4.78 is 9.90. The average Bonchev–Trinajstić information content (AvgIpc) is 2.70. The number of esters is 1. The van der Waals surface area contributed by atoms with Crippen molar-refractivity contribution in [1.29, 1.82) is 0 Å². The third-order valence-electron chi connectivity index (χ3n) is 2.24. The van der Waals surface area contributed by atoms with Crippen LogP contribution < -0.4 is 5.73 Å². The summed E-state index contributed by atoms with van der Waals surface area (Å²) in [7, 11) is 1.27. The summed E-state index contributed by atoms with van der Waals surface area (Å²) >= 11 is 5.87. The minimum atomic E-state index is -0.601. The average molecular weight is 252 g/mol. The molecule has 2 rings (SSSR count). The van der Waals surface area contributed by atoms with Gasteiger partial charge in [-0.1, -0.05) is 23.7 Å². The Balaban J connectivity index is 2.44. The molecule has 0 spiro atoms. The van der Waals surface area contributed by atoms with E-state index in [-0.39, 0.29) is 11.4 Å². The van der Waals surface area contributed by atoms with E-state index >= 15 is 0 Å². The molecule has 17 heavy (non-hydrogen) atoms. The van der Waals surface area contributed by atoms with Gasteiger partial charge in [-0.25, -0.2) is 4.79 Å². The number of carbonyl (C=O) groups excluding carboxylic acids is 1. The maximum Gasteiger partial charge on any atom is 0.376 e. The van der Waals surface area contributed by atoms with E-state index in [9.17, 15) is 4.79 Å². The molecule has 2 N–H and O–H groups in total. The zero-order valence-electron chi connectivity index (χ0n) is 9.07. The van der Waals surface area contributed by atoms with Gasteiger partial charge in [0.1, 0.15) is 5.76 Å². The van der Waals surface area contributed by atoms with Crippen molar-refractivity contribution in [2.75, 3.05) is 12.8 Å². The maximum atomic E-state index is 11.3. The molecule has 5 heteroatoms. The molecule has 0 saturated carbocycles. The summed E-state index contributed by atoms with van der Waals surface area (Å²) in [6, 6.07) is 8.64. The van der Waals surface area contributed by atoms with E-state index in [0.717, 1.165) is 5.56 Å². The largest absolute Gasteiger partial charge is 0.463 e. The molecule has 0 aliphatic rings. The number of furan rings is 1. The summed E-state index contributed by atoms with van der Waals surface area (Å²) in [5.41, 5.74) is 6.66. The fraction of sp³-hybridized carbons (Fsp3) is 0.0833. The minimum Gasteiger partial charge on any atom is -0.463 e. The minimum absolute atomic E-state index is 0.00229. The summed E-state index contributed by atoms with van der Waals surface area (Å²) in [6.07, 6.45) is 0. The van der Waals surface area contributed by atoms with Gasteiger partial charge in [0.05, 0.1) is 12.8 Å². The van der Waals surface area contributed by atoms with E-state index in [0.29, 0.717) is 10.8 Å². The highest BCUT2D eigenvalue weighted by Crippen LogP contribution is 2.29. The number of nitrogen functional groups attached to an aromatic ring is 1. The second kappa shape index (κ2) is 4.51. The monoisotopic (exact) mass is 251 g/mol. The Morgan fingerprint density at radius 2 is 2.18 bits per heavy atom. The van der Waals surface area contributed by atoms with Crippen LogP contribution in [0.1, 0.15) is 10.6 Å². The van der Waals surface area contributed by atoms with Crippen molar-refractivity contribution in [3.63, 3.8) is 0 Å². The van der Waals surface area contributed by atoms with Gasteiger partial charge >= 0.3 is 5.97 Å². The molecule has 2 aromatic rings. The van der Waals surface area contributed by atoms with E-state index < -0.39 is 5.97 Å². The number of carbonyl (C=O) groups is 1. The Hall–Kier alpha value is -1.94. The number of ether oxygens (including phenoxy) is 1. The van der Waals surface area contributed by atoms with Crippen LogP contribution in [0, 0.1) is 0 Å². The smallest absolute Gasteiger partial charge is 0.376 e. The van der Waals surface area contributed by atoms with Crippen LogP contribution in [0.2, 0.25) is 5.02 Å². The van der Waals surface area contributed by atoms with Crippen molar-refractivity contribution in [3.8, 4) is 11.3 Å². The van der Waals surface area contributed by atoms with E-state index in [2.05, 4.69) is 4.74 Å². The number of halogens is 1. The van der Waals surface area contributed by atoms with Crippen LogP contribution in [0.5, 0.6) is 0 Å². The van der Waals surface area contributed by atoms with Crippen molar-refractivity contribution >= 4 is 23.3 Å². The number of hydrogen-bond acceptors (Lipinski definition) is 4. The Kier molecular flexibility index (Phi) is 3.06. The Morgan fingerprint density at radius 3 is 2.82 bits per heavy atom. The first-order chi connectivity index (χ1) is 8.11. The van der Waals surface area contributed by atoms with E-state index in [1.54, 1.807) is 24.3 Å². The molecule has 0 fully saturated rings. The summed E-state index contributed by atoms with van der Waals surface area (Å²) in [6.45, 7) is 0. The Bertz CT molecular complexity index is 563. The van der Waals surface area contributed by atoms with Crippen LogP contribution in [0.25, 0.3) is 11.3 Å². The number of methoxy groups -OCH3 is 1. The molecular formula is C12H10ClNO3. The lowest BCUT2D eigenvalue weighted by Gasteiger charge is -1.97. The zero-order chi connectivity index (χ0) is 12.4. The molecule has 0 radical (unpaired) electrons. The number of benzene rings is 1. The van der Waals surface area contributed by atoms with E-state index in [1.807, 2.05) is 6.07 Å². The Labute approximate surface area is 103 Å². The summed E-state index contributed by atoms with van der Waals surface area (Å²) in [4.78, 5) is 11.3. The number of hydrogen-bond donors (Lipinski definition) is 1. The highest BCUT2D eigenvalue weighted by Gasteiger charge is 2.17. The van der Waals surface area contributed by atoms with Gasteiger partial charge in [0, 0.05) is 16.7 Å². The van der Waals surface area contributed by atoms with Gasteiger partial charge in [0.2, 0.25) is 5.76 Å². The normalized spacial score (nSPS) is 10.2. The lowest BCUT2D eigenvalue weighted by atomic mass is 10.2. The van der Waals surface area contributed by atoms with Crippen molar-refractivity contribution in [2.24, 2.45) is 0 Å². The molecule has 4 nitrogen and oxygen atoms in total. The van der Waals surface area contributed by atoms with Crippen molar-refractivity contribution in [2.45, 2.75) is 0 Å². The second-order valence-electron chi connectivity index (χ2n) is 3.40. The third-order valence-corrected chi connectivity index (χ3v) is 2.48. The highest BCUT2D eigenvalue weighted by molar-refractivity contribution is 6.30. The molecule has 1 heterocycles. The molecule has 0 saturated heterocycles. The fourth-order valence-corrected chi connectivity index (χ4v) is 1.63. The van der Waals surface area contributed by atoms with Crippen LogP contribution >= 0.6 is 11.6 Å². The zero-order valence-corrected chi connectivity index (χ0v) is 9.82. The highest BCUT2D eigenvalue weighted by atomic mass is 35.5. The van der Waals surface area contributed by atoms with Crippen molar-refractivity contribution in [1.82, 2.24) is 0 Å². The maximum absolute atomic E-state index is 11.3. The number of rotatable bonds is 2. The van der Waals surface area contributed by atoms with Gasteiger partial charge in [0.25, 0.3) is 0 Å². The molecule has 0 aliphatic carbocycles. The van der Waals surface area contributed by atoms with Gasteiger partial charge in [-0.05, 0) is 12.1 Å². The van der Waals surface area contributed by atoms with Crippen LogP contribution in [0.3, 0.4) is 0 Å². The predicted octanol–water partition coefficient (Wildman–Crippen LogP) is 2.97. The molecule has 0 atom stereocenters. The van der Waals surface area contributed by atoms with Crippen LogP contribution in [-0.4, -0.2) is 13.1 Å². The number of nitrogens with two attached hydrogens (primary N) is 1. The van der Waals surface area contributed by atoms with Crippen LogP contribution in [0.15, 0.2) is 34.7 Å². The Morgan fingerprint density at radius 1 is 1.41 bits per heavy atom. The SMILES string of the molecule is COC(=O)c1oc(-c2cccc(Cl)c2)cc1N. The first kappa shape index (κ1) is 11.5. The summed E-state index contributed by atoms with van der Waals surface area (Å²) in [5.74, 6) is -0.122. The van der Waals surface area contributed by atoms with Gasteiger partial charge in [0.15, 0.2) is 0 Å². The number of anilines is 1. The standard InChI is InChI=1S/C12H10ClNO3/c1-16-12(15)11-9(14)6-10(17-11)7-3-2-4-8(13)5-7/h2-6H,14H2,1H3. The molecule has 88 valence electrons. The molecule has 0 aliphatic heterocycles. The fourth-order valence-electron chi connectivity index (χ4n) is 1.44. The van der Waals surface area contributed by atoms with Gasteiger partial charge in [-0.15, -0.1) is 0 Å². The topological polar surface area (TPSA) is 65.5 Å². The molecule has 0 amide bonds. The predicted molar refractivity (Wildman–Crippen MR) is 64.9 cm³/mol. The first-order valence-electron chi connectivity index (χ1n) is 4.85. The molecule has 1 aromatic heterocycles.